The SMILES string of the molecule is COCC(=O)N1CCC[C@@H]1c1cnc(N2CC3(CCCCC3)OC2=O)cn1. The molecule has 1 aliphatic carbocycles. The van der Waals surface area contributed by atoms with Crippen molar-refractivity contribution in [1.29, 1.82) is 0 Å². The van der Waals surface area contributed by atoms with E-state index in [2.05, 4.69) is 9.97 Å². The van der Waals surface area contributed by atoms with Gasteiger partial charge in [0.15, 0.2) is 5.82 Å². The predicted molar refractivity (Wildman–Crippen MR) is 97.2 cm³/mol. The first-order valence-electron chi connectivity index (χ1n) is 9.73. The molecule has 2 aliphatic heterocycles. The molecular formula is C19H26N4O4. The lowest BCUT2D eigenvalue weighted by Gasteiger charge is -2.30. The maximum atomic E-state index is 12.4. The predicted octanol–water partition coefficient (Wildman–Crippen LogP) is 2.45. The molecule has 3 aliphatic rings. The molecule has 1 saturated carbocycles. The van der Waals surface area contributed by atoms with Gasteiger partial charge in [-0.25, -0.2) is 9.78 Å². The second-order valence-electron chi connectivity index (χ2n) is 7.68. The van der Waals surface area contributed by atoms with Gasteiger partial charge >= 0.3 is 6.09 Å². The molecule has 1 atom stereocenters. The summed E-state index contributed by atoms with van der Waals surface area (Å²) < 4.78 is 10.7. The van der Waals surface area contributed by atoms with Gasteiger partial charge in [0.1, 0.15) is 12.2 Å². The molecule has 2 amide bonds. The summed E-state index contributed by atoms with van der Waals surface area (Å²) in [7, 11) is 1.52. The summed E-state index contributed by atoms with van der Waals surface area (Å²) in [6, 6.07) is -0.0792. The molecule has 146 valence electrons. The third-order valence-electron chi connectivity index (χ3n) is 5.85. The van der Waals surface area contributed by atoms with E-state index < -0.39 is 0 Å². The van der Waals surface area contributed by atoms with Crippen molar-refractivity contribution in [3.63, 3.8) is 0 Å². The third kappa shape index (κ3) is 3.50. The van der Waals surface area contributed by atoms with E-state index in [9.17, 15) is 9.59 Å². The van der Waals surface area contributed by atoms with Crippen molar-refractivity contribution >= 4 is 17.8 Å². The highest BCUT2D eigenvalue weighted by molar-refractivity contribution is 5.89. The number of likely N-dealkylation sites (tertiary alicyclic amines) is 1. The first-order valence-corrected chi connectivity index (χ1v) is 9.73. The van der Waals surface area contributed by atoms with Crippen molar-refractivity contribution in [1.82, 2.24) is 14.9 Å². The van der Waals surface area contributed by atoms with Gasteiger partial charge in [-0.15, -0.1) is 0 Å². The highest BCUT2D eigenvalue weighted by Gasteiger charge is 2.46. The van der Waals surface area contributed by atoms with Crippen LogP contribution in [0.1, 0.15) is 56.7 Å². The van der Waals surface area contributed by atoms with Crippen LogP contribution in [-0.2, 0) is 14.3 Å². The molecule has 1 aromatic heterocycles. The fourth-order valence-corrected chi connectivity index (χ4v) is 4.48. The quantitative estimate of drug-likeness (QED) is 0.805. The lowest BCUT2D eigenvalue weighted by molar-refractivity contribution is -0.136. The molecule has 4 rings (SSSR count). The Labute approximate surface area is 158 Å². The van der Waals surface area contributed by atoms with E-state index in [4.69, 9.17) is 9.47 Å². The van der Waals surface area contributed by atoms with Crippen molar-refractivity contribution in [3.05, 3.63) is 18.1 Å². The number of anilines is 1. The van der Waals surface area contributed by atoms with E-state index in [-0.39, 0.29) is 30.3 Å². The van der Waals surface area contributed by atoms with Gasteiger partial charge in [-0.1, -0.05) is 6.42 Å². The number of hydrogen-bond donors (Lipinski definition) is 0. The zero-order valence-electron chi connectivity index (χ0n) is 15.7. The first kappa shape index (κ1) is 18.2. The lowest BCUT2D eigenvalue weighted by atomic mass is 9.85. The van der Waals surface area contributed by atoms with Gasteiger partial charge in [0.25, 0.3) is 0 Å². The summed E-state index contributed by atoms with van der Waals surface area (Å²) in [6.45, 7) is 1.32. The normalized spacial score (nSPS) is 24.5. The molecule has 0 N–H and O–H groups in total. The summed E-state index contributed by atoms with van der Waals surface area (Å²) in [6.07, 6.45) is 9.98. The number of nitrogens with zero attached hydrogens (tertiary/aromatic N) is 4. The molecule has 2 saturated heterocycles. The Bertz CT molecular complexity index is 702. The topological polar surface area (TPSA) is 84.9 Å². The zero-order chi connectivity index (χ0) is 18.9. The Hall–Kier alpha value is -2.22. The van der Waals surface area contributed by atoms with Crippen LogP contribution in [0.15, 0.2) is 12.4 Å². The van der Waals surface area contributed by atoms with Crippen LogP contribution in [-0.4, -0.2) is 59.3 Å². The Balaban J connectivity index is 1.47. The number of carbonyl (C=O) groups excluding carboxylic acids is 2. The average Bonchev–Trinajstić information content (AvgIpc) is 3.28. The number of carbonyl (C=O) groups is 2. The number of hydrogen-bond acceptors (Lipinski definition) is 6. The smallest absolute Gasteiger partial charge is 0.416 e. The zero-order valence-corrected chi connectivity index (χ0v) is 15.7. The van der Waals surface area contributed by atoms with Gasteiger partial charge in [0.05, 0.1) is 30.7 Å². The summed E-state index contributed by atoms with van der Waals surface area (Å²) in [5, 5.41) is 0. The van der Waals surface area contributed by atoms with Crippen LogP contribution in [0.3, 0.4) is 0 Å². The Kier molecular flexibility index (Phi) is 4.99. The number of amides is 2. The molecule has 1 aromatic rings. The molecule has 0 bridgehead atoms. The van der Waals surface area contributed by atoms with Crippen LogP contribution in [0.2, 0.25) is 0 Å². The number of rotatable bonds is 4. The third-order valence-corrected chi connectivity index (χ3v) is 5.85. The van der Waals surface area contributed by atoms with Gasteiger partial charge < -0.3 is 14.4 Å². The van der Waals surface area contributed by atoms with Crippen molar-refractivity contribution in [3.8, 4) is 0 Å². The molecule has 3 heterocycles. The molecule has 0 aromatic carbocycles. The standard InChI is InChI=1S/C19H26N4O4/c1-26-12-17(24)22-9-5-6-15(22)14-10-21-16(11-20-14)23-13-19(27-18(23)25)7-3-2-4-8-19/h10-11,15H,2-9,12-13H2,1H3/t15-/m1/s1. The fourth-order valence-electron chi connectivity index (χ4n) is 4.48. The van der Waals surface area contributed by atoms with Crippen LogP contribution in [0.4, 0.5) is 10.6 Å². The van der Waals surface area contributed by atoms with Crippen molar-refractivity contribution in [2.24, 2.45) is 0 Å². The van der Waals surface area contributed by atoms with Crippen LogP contribution >= 0.6 is 0 Å². The second kappa shape index (κ2) is 7.42. The monoisotopic (exact) mass is 374 g/mol. The van der Waals surface area contributed by atoms with Crippen molar-refractivity contribution in [2.45, 2.75) is 56.6 Å². The lowest BCUT2D eigenvalue weighted by Crippen LogP contribution is -2.36. The number of ether oxygens (including phenoxy) is 2. The molecule has 8 heteroatoms. The Morgan fingerprint density at radius 2 is 2.07 bits per heavy atom. The number of methoxy groups -OCH3 is 1. The van der Waals surface area contributed by atoms with E-state index in [0.717, 1.165) is 44.2 Å². The minimum Gasteiger partial charge on any atom is -0.441 e. The Morgan fingerprint density at radius 1 is 1.26 bits per heavy atom. The minimum atomic E-state index is -0.357. The molecule has 1 spiro atoms. The van der Waals surface area contributed by atoms with Gasteiger partial charge in [0, 0.05) is 13.7 Å². The molecule has 8 nitrogen and oxygen atoms in total. The maximum Gasteiger partial charge on any atom is 0.416 e. The van der Waals surface area contributed by atoms with Crippen LogP contribution in [0.5, 0.6) is 0 Å². The van der Waals surface area contributed by atoms with Crippen LogP contribution in [0.25, 0.3) is 0 Å². The van der Waals surface area contributed by atoms with Gasteiger partial charge in [-0.3, -0.25) is 14.7 Å². The van der Waals surface area contributed by atoms with E-state index in [1.807, 2.05) is 0 Å². The first-order chi connectivity index (χ1) is 13.1. The van der Waals surface area contributed by atoms with Crippen molar-refractivity contribution < 1.29 is 19.1 Å². The van der Waals surface area contributed by atoms with Crippen LogP contribution in [0, 0.1) is 0 Å². The summed E-state index contributed by atoms with van der Waals surface area (Å²) in [4.78, 5) is 36.9. The largest absolute Gasteiger partial charge is 0.441 e. The average molecular weight is 374 g/mol. The van der Waals surface area contributed by atoms with Crippen molar-refractivity contribution in [2.75, 3.05) is 31.7 Å². The van der Waals surface area contributed by atoms with E-state index in [1.54, 1.807) is 22.2 Å². The van der Waals surface area contributed by atoms with E-state index in [0.29, 0.717) is 18.9 Å². The molecular weight excluding hydrogens is 348 g/mol. The minimum absolute atomic E-state index is 0.0340. The Morgan fingerprint density at radius 3 is 2.78 bits per heavy atom. The highest BCUT2D eigenvalue weighted by atomic mass is 16.6. The molecule has 3 fully saturated rings. The number of aromatic nitrogens is 2. The van der Waals surface area contributed by atoms with Gasteiger partial charge in [-0.2, -0.15) is 0 Å². The maximum absolute atomic E-state index is 12.4. The molecule has 27 heavy (non-hydrogen) atoms. The molecule has 0 radical (unpaired) electrons. The fraction of sp³-hybridized carbons (Fsp3) is 0.684. The van der Waals surface area contributed by atoms with Gasteiger partial charge in [0.2, 0.25) is 5.91 Å². The summed E-state index contributed by atoms with van der Waals surface area (Å²) in [5.74, 6) is 0.479. The van der Waals surface area contributed by atoms with E-state index >= 15 is 0 Å². The molecule has 0 unspecified atom stereocenters. The van der Waals surface area contributed by atoms with Gasteiger partial charge in [-0.05, 0) is 38.5 Å². The summed E-state index contributed by atoms with van der Waals surface area (Å²) >= 11 is 0. The summed E-state index contributed by atoms with van der Waals surface area (Å²) in [5.41, 5.74) is 0.394. The second-order valence-corrected chi connectivity index (χ2v) is 7.68. The van der Waals surface area contributed by atoms with Crippen LogP contribution < -0.4 is 4.90 Å². The van der Waals surface area contributed by atoms with E-state index in [1.165, 1.54) is 13.5 Å². The highest BCUT2D eigenvalue weighted by Crippen LogP contribution is 2.38.